The van der Waals surface area contributed by atoms with Crippen LogP contribution in [-0.2, 0) is 35.8 Å². The van der Waals surface area contributed by atoms with Crippen molar-refractivity contribution in [2.75, 3.05) is 0 Å². The lowest BCUT2D eigenvalue weighted by molar-refractivity contribution is -0.412. The normalized spacial score (nSPS) is 12.7. The first kappa shape index (κ1) is 30.2. The molecule has 0 heterocycles. The van der Waals surface area contributed by atoms with Crippen LogP contribution in [0.2, 0.25) is 0 Å². The van der Waals surface area contributed by atoms with E-state index in [1.807, 2.05) is 0 Å². The molecule has 0 aliphatic carbocycles. The number of amides is 2. The molecule has 3 aromatic rings. The highest BCUT2D eigenvalue weighted by Gasteiger charge is 2.52. The van der Waals surface area contributed by atoms with Crippen LogP contribution in [0.4, 0.5) is 22.4 Å². The third-order valence-corrected chi connectivity index (χ3v) is 6.72. The van der Waals surface area contributed by atoms with Crippen molar-refractivity contribution in [1.29, 1.82) is 0 Å². The fraction of sp³-hybridized carbons (Fsp3) is 0.240. The highest BCUT2D eigenvalue weighted by atomic mass is 31.2. The SMILES string of the molecule is O=C(NCc1ccccc1)N(Cc1ccc(C(F)(F)C(O)(O)O)cc1)Cc1ccc(C(F)(F)P(=O)(O)O)cc1. The summed E-state index contributed by atoms with van der Waals surface area (Å²) in [6, 6.07) is 16.3. The predicted octanol–water partition coefficient (Wildman–Crippen LogP) is 3.55. The van der Waals surface area contributed by atoms with E-state index in [-0.39, 0.29) is 19.6 Å². The maximum absolute atomic E-state index is 14.0. The highest BCUT2D eigenvalue weighted by Crippen LogP contribution is 2.59. The zero-order valence-electron chi connectivity index (χ0n) is 20.1. The van der Waals surface area contributed by atoms with Gasteiger partial charge in [0, 0.05) is 30.8 Å². The van der Waals surface area contributed by atoms with Crippen LogP contribution in [0.15, 0.2) is 78.9 Å². The lowest BCUT2D eigenvalue weighted by Crippen LogP contribution is -2.45. The Morgan fingerprint density at radius 3 is 1.64 bits per heavy atom. The number of urea groups is 1. The van der Waals surface area contributed by atoms with E-state index in [0.29, 0.717) is 11.1 Å². The van der Waals surface area contributed by atoms with Crippen molar-refractivity contribution < 1.29 is 52.0 Å². The van der Waals surface area contributed by atoms with Crippen LogP contribution in [0.1, 0.15) is 27.8 Å². The zero-order chi connectivity index (χ0) is 29.1. The molecule has 0 bridgehead atoms. The number of benzene rings is 3. The average Bonchev–Trinajstić information content (AvgIpc) is 2.87. The molecule has 0 unspecified atom stereocenters. The van der Waals surface area contributed by atoms with Crippen LogP contribution in [0.25, 0.3) is 0 Å². The number of carbonyl (C=O) groups excluding carboxylic acids is 1. The van der Waals surface area contributed by atoms with Crippen molar-refractivity contribution in [3.8, 4) is 0 Å². The molecule has 9 nitrogen and oxygen atoms in total. The van der Waals surface area contributed by atoms with Gasteiger partial charge in [0.05, 0.1) is 0 Å². The number of alkyl halides is 4. The standard InChI is InChI=1S/C25H25F4N2O7P/c26-23(27,25(33,34)35)20-10-6-18(7-11-20)15-31(22(32)30-14-17-4-2-1-3-5-17)16-19-8-12-21(13-9-19)24(28,29)39(36,37)38/h1-13,33-35H,14-16H2,(H,30,32)(H2,36,37,38). The van der Waals surface area contributed by atoms with E-state index in [0.717, 1.165) is 29.8 Å². The van der Waals surface area contributed by atoms with Gasteiger partial charge in [-0.05, 0) is 16.7 Å². The molecule has 39 heavy (non-hydrogen) atoms. The van der Waals surface area contributed by atoms with Gasteiger partial charge in [0.2, 0.25) is 0 Å². The lowest BCUT2D eigenvalue weighted by Gasteiger charge is -2.26. The second-order valence-corrected chi connectivity index (χ2v) is 10.3. The molecule has 0 radical (unpaired) electrons. The molecule has 0 atom stereocenters. The van der Waals surface area contributed by atoms with E-state index in [1.165, 1.54) is 29.2 Å². The van der Waals surface area contributed by atoms with Crippen molar-refractivity contribution in [1.82, 2.24) is 10.2 Å². The fourth-order valence-electron chi connectivity index (χ4n) is 3.52. The summed E-state index contributed by atoms with van der Waals surface area (Å²) in [5.41, 5.74) is -4.79. The third kappa shape index (κ3) is 7.21. The number of rotatable bonds is 10. The summed E-state index contributed by atoms with van der Waals surface area (Å²) < 4.78 is 67.1. The number of carbonyl (C=O) groups is 1. The van der Waals surface area contributed by atoms with Crippen LogP contribution < -0.4 is 5.32 Å². The minimum atomic E-state index is -5.77. The number of nitrogens with one attached hydrogen (secondary N) is 1. The largest absolute Gasteiger partial charge is 0.399 e. The molecule has 0 spiro atoms. The Morgan fingerprint density at radius 1 is 0.744 bits per heavy atom. The molecule has 3 aromatic carbocycles. The Bertz CT molecular complexity index is 1310. The van der Waals surface area contributed by atoms with Gasteiger partial charge < -0.3 is 35.3 Å². The average molecular weight is 572 g/mol. The van der Waals surface area contributed by atoms with Gasteiger partial charge in [-0.3, -0.25) is 4.57 Å². The van der Waals surface area contributed by atoms with Gasteiger partial charge in [-0.15, -0.1) is 0 Å². The van der Waals surface area contributed by atoms with E-state index in [9.17, 15) is 26.9 Å². The molecular formula is C25H25F4N2O7P. The lowest BCUT2D eigenvalue weighted by atomic mass is 10.0. The molecule has 0 aliphatic heterocycles. The molecule has 0 aromatic heterocycles. The molecule has 0 fully saturated rings. The molecular weight excluding hydrogens is 547 g/mol. The molecule has 3 rings (SSSR count). The fourth-order valence-corrected chi connectivity index (χ4v) is 4.00. The first-order valence-electron chi connectivity index (χ1n) is 11.3. The van der Waals surface area contributed by atoms with Crippen molar-refractivity contribution in [3.05, 3.63) is 107 Å². The summed E-state index contributed by atoms with van der Waals surface area (Å²) in [5, 5.41) is 29.5. The molecule has 14 heteroatoms. The third-order valence-electron chi connectivity index (χ3n) is 5.73. The van der Waals surface area contributed by atoms with Crippen LogP contribution in [0.3, 0.4) is 0 Å². The Kier molecular flexibility index (Phi) is 8.85. The molecule has 6 N–H and O–H groups in total. The van der Waals surface area contributed by atoms with Gasteiger partial charge in [-0.2, -0.15) is 17.6 Å². The Balaban J connectivity index is 1.83. The van der Waals surface area contributed by atoms with E-state index in [4.69, 9.17) is 25.1 Å². The van der Waals surface area contributed by atoms with E-state index >= 15 is 0 Å². The number of hydrogen-bond acceptors (Lipinski definition) is 5. The number of nitrogens with zero attached hydrogens (tertiary/aromatic N) is 1. The first-order chi connectivity index (χ1) is 18.0. The minimum absolute atomic E-state index is 0.139. The maximum atomic E-state index is 14.0. The summed E-state index contributed by atoms with van der Waals surface area (Å²) >= 11 is 0. The van der Waals surface area contributed by atoms with E-state index in [1.54, 1.807) is 30.3 Å². The molecule has 0 saturated heterocycles. The smallest absolute Gasteiger partial charge is 0.339 e. The van der Waals surface area contributed by atoms with Gasteiger partial charge in [0.25, 0.3) is 0 Å². The summed E-state index contributed by atoms with van der Waals surface area (Å²) in [6.45, 7) is -0.178. The number of aliphatic hydroxyl groups is 3. The summed E-state index contributed by atoms with van der Waals surface area (Å²) in [7, 11) is -5.77. The van der Waals surface area contributed by atoms with E-state index < -0.39 is 42.3 Å². The van der Waals surface area contributed by atoms with Gasteiger partial charge in [0.15, 0.2) is 0 Å². The molecule has 2 amide bonds. The second kappa shape index (κ2) is 11.4. The molecule has 210 valence electrons. The Hall–Kier alpha value is -3.32. The van der Waals surface area contributed by atoms with Gasteiger partial charge in [0.1, 0.15) is 0 Å². The van der Waals surface area contributed by atoms with Gasteiger partial charge in [-0.1, -0.05) is 78.9 Å². The first-order valence-corrected chi connectivity index (χ1v) is 12.9. The van der Waals surface area contributed by atoms with Gasteiger partial charge in [-0.25, -0.2) is 4.79 Å². The second-order valence-electron chi connectivity index (χ2n) is 8.69. The predicted molar refractivity (Wildman–Crippen MR) is 130 cm³/mol. The van der Waals surface area contributed by atoms with Crippen LogP contribution >= 0.6 is 7.60 Å². The summed E-state index contributed by atoms with van der Waals surface area (Å²) in [6.07, 6.45) is 0. The summed E-state index contributed by atoms with van der Waals surface area (Å²) in [4.78, 5) is 32.1. The summed E-state index contributed by atoms with van der Waals surface area (Å²) in [5.74, 6) is -8.70. The molecule has 0 saturated carbocycles. The minimum Gasteiger partial charge on any atom is -0.339 e. The maximum Gasteiger partial charge on any atom is 0.399 e. The zero-order valence-corrected chi connectivity index (χ0v) is 21.0. The number of hydrogen-bond donors (Lipinski definition) is 6. The van der Waals surface area contributed by atoms with Crippen molar-refractivity contribution in [2.45, 2.75) is 37.2 Å². The monoisotopic (exact) mass is 572 g/mol. The Morgan fingerprint density at radius 2 is 1.21 bits per heavy atom. The van der Waals surface area contributed by atoms with Crippen LogP contribution in [0.5, 0.6) is 0 Å². The highest BCUT2D eigenvalue weighted by molar-refractivity contribution is 7.52. The van der Waals surface area contributed by atoms with E-state index in [2.05, 4.69) is 5.32 Å². The van der Waals surface area contributed by atoms with Crippen LogP contribution in [0, 0.1) is 0 Å². The van der Waals surface area contributed by atoms with Crippen molar-refractivity contribution in [2.24, 2.45) is 0 Å². The van der Waals surface area contributed by atoms with Crippen molar-refractivity contribution in [3.63, 3.8) is 0 Å². The quantitative estimate of drug-likeness (QED) is 0.124. The van der Waals surface area contributed by atoms with Crippen LogP contribution in [-0.4, -0.2) is 42.0 Å². The molecule has 0 aliphatic rings. The van der Waals surface area contributed by atoms with Crippen molar-refractivity contribution >= 4 is 13.6 Å². The number of halogens is 4. The topological polar surface area (TPSA) is 151 Å². The Labute approximate surface area is 220 Å². The van der Waals surface area contributed by atoms with Gasteiger partial charge >= 0.3 is 31.2 Å².